The number of carbonyl (C=O) groups is 3. The molecule has 1 N–H and O–H groups in total. The molecular weight excluding hydrogens is 428 g/mol. The summed E-state index contributed by atoms with van der Waals surface area (Å²) in [6, 6.07) is 19.1. The maximum Gasteiger partial charge on any atom is 0.337 e. The number of carbonyl (C=O) groups excluding carboxylic acids is 3. The average Bonchev–Trinajstić information content (AvgIpc) is 2.93. The molecule has 2 amide bonds. The highest BCUT2D eigenvalue weighted by atomic mass is 32.2. The zero-order chi connectivity index (χ0) is 22.7. The summed E-state index contributed by atoms with van der Waals surface area (Å²) in [6.07, 6.45) is 0. The van der Waals surface area contributed by atoms with Crippen LogP contribution in [-0.2, 0) is 9.53 Å². The van der Waals surface area contributed by atoms with E-state index in [4.69, 9.17) is 9.47 Å². The lowest BCUT2D eigenvalue weighted by Gasteiger charge is -2.23. The molecule has 3 aromatic rings. The summed E-state index contributed by atoms with van der Waals surface area (Å²) in [4.78, 5) is 41.3. The number of rotatable bonds is 5. The third-order valence-electron chi connectivity index (χ3n) is 4.93. The van der Waals surface area contributed by atoms with Gasteiger partial charge >= 0.3 is 5.97 Å². The molecule has 162 valence electrons. The topological polar surface area (TPSA) is 84.9 Å². The number of hydrogen-bond donors (Lipinski definition) is 1. The smallest absolute Gasteiger partial charge is 0.337 e. The number of anilines is 2. The summed E-state index contributed by atoms with van der Waals surface area (Å²) < 4.78 is 9.95. The highest BCUT2D eigenvalue weighted by molar-refractivity contribution is 7.99. The number of benzene rings is 3. The lowest BCUT2D eigenvalue weighted by molar-refractivity contribution is -0.114. The molecule has 1 heterocycles. The fourth-order valence-electron chi connectivity index (χ4n) is 3.34. The second kappa shape index (κ2) is 9.15. The van der Waals surface area contributed by atoms with Crippen LogP contribution in [0.1, 0.15) is 20.7 Å². The monoisotopic (exact) mass is 448 g/mol. The van der Waals surface area contributed by atoms with Crippen LogP contribution in [0, 0.1) is 0 Å². The molecule has 1 aliphatic rings. The molecule has 0 unspecified atom stereocenters. The first kappa shape index (κ1) is 21.5. The highest BCUT2D eigenvalue weighted by Gasteiger charge is 2.29. The van der Waals surface area contributed by atoms with Crippen LogP contribution in [0.25, 0.3) is 0 Å². The molecule has 0 radical (unpaired) electrons. The van der Waals surface area contributed by atoms with E-state index in [1.807, 2.05) is 12.1 Å². The summed E-state index contributed by atoms with van der Waals surface area (Å²) in [6.45, 7) is -0.225. The van der Waals surface area contributed by atoms with Crippen LogP contribution < -0.4 is 15.0 Å². The van der Waals surface area contributed by atoms with Crippen molar-refractivity contribution in [2.45, 2.75) is 9.79 Å². The zero-order valence-corrected chi connectivity index (χ0v) is 18.3. The Labute approximate surface area is 189 Å². The third-order valence-corrected chi connectivity index (χ3v) is 6.07. The van der Waals surface area contributed by atoms with Gasteiger partial charge < -0.3 is 14.8 Å². The first-order chi connectivity index (χ1) is 15.5. The number of nitrogens with one attached hydrogen (secondary N) is 1. The standard InChI is InChI=1S/C24H20N2O5S/c1-30-17-10-8-16(9-11-17)25-22(27)14-26-19-13-15(24(29)31-2)7-12-21(19)32-20-6-4-3-5-18(20)23(26)28/h3-13H,14H2,1-2H3,(H,25,27). The highest BCUT2D eigenvalue weighted by Crippen LogP contribution is 2.41. The second-order valence-electron chi connectivity index (χ2n) is 6.94. The summed E-state index contributed by atoms with van der Waals surface area (Å²) in [5.74, 6) is -0.542. The van der Waals surface area contributed by atoms with Crippen molar-refractivity contribution in [2.24, 2.45) is 0 Å². The summed E-state index contributed by atoms with van der Waals surface area (Å²) in [5.41, 5.74) is 1.84. The van der Waals surface area contributed by atoms with Gasteiger partial charge in [-0.05, 0) is 54.6 Å². The molecule has 0 aliphatic carbocycles. The van der Waals surface area contributed by atoms with Gasteiger partial charge in [0.15, 0.2) is 0 Å². The van der Waals surface area contributed by atoms with Crippen molar-refractivity contribution in [3.05, 3.63) is 77.9 Å². The molecule has 0 bridgehead atoms. The van der Waals surface area contributed by atoms with Crippen molar-refractivity contribution < 1.29 is 23.9 Å². The number of methoxy groups -OCH3 is 2. The van der Waals surface area contributed by atoms with E-state index in [0.717, 1.165) is 9.79 Å². The first-order valence-corrected chi connectivity index (χ1v) is 10.6. The molecular formula is C24H20N2O5S. The van der Waals surface area contributed by atoms with Gasteiger partial charge in [0, 0.05) is 15.5 Å². The Morgan fingerprint density at radius 3 is 2.44 bits per heavy atom. The largest absolute Gasteiger partial charge is 0.497 e. The molecule has 0 aromatic heterocycles. The van der Waals surface area contributed by atoms with E-state index in [-0.39, 0.29) is 18.4 Å². The van der Waals surface area contributed by atoms with Crippen LogP contribution in [0.4, 0.5) is 11.4 Å². The van der Waals surface area contributed by atoms with E-state index in [2.05, 4.69) is 5.32 Å². The SMILES string of the molecule is COC(=O)c1ccc2c(c1)N(CC(=O)Nc1ccc(OC)cc1)C(=O)c1ccccc1S2. The predicted octanol–water partition coefficient (Wildman–Crippen LogP) is 4.23. The fourth-order valence-corrected chi connectivity index (χ4v) is 4.40. The number of amides is 2. The van der Waals surface area contributed by atoms with Gasteiger partial charge in [-0.15, -0.1) is 0 Å². The Morgan fingerprint density at radius 2 is 1.72 bits per heavy atom. The molecule has 3 aromatic carbocycles. The molecule has 0 fully saturated rings. The summed E-state index contributed by atoms with van der Waals surface area (Å²) >= 11 is 1.41. The third kappa shape index (κ3) is 4.31. The minimum atomic E-state index is -0.519. The van der Waals surface area contributed by atoms with Crippen LogP contribution >= 0.6 is 11.8 Å². The van der Waals surface area contributed by atoms with E-state index in [1.54, 1.807) is 61.7 Å². The Hall–Kier alpha value is -3.78. The second-order valence-corrected chi connectivity index (χ2v) is 8.02. The number of fused-ring (bicyclic) bond motifs is 2. The number of ether oxygens (including phenoxy) is 2. The van der Waals surface area contributed by atoms with Crippen LogP contribution in [0.2, 0.25) is 0 Å². The van der Waals surface area contributed by atoms with Crippen molar-refractivity contribution in [3.63, 3.8) is 0 Å². The van der Waals surface area contributed by atoms with Gasteiger partial charge in [0.2, 0.25) is 5.91 Å². The van der Waals surface area contributed by atoms with Crippen molar-refractivity contribution >= 4 is 40.9 Å². The Bertz CT molecular complexity index is 1190. The van der Waals surface area contributed by atoms with Crippen molar-refractivity contribution in [1.82, 2.24) is 0 Å². The van der Waals surface area contributed by atoms with E-state index >= 15 is 0 Å². The molecule has 32 heavy (non-hydrogen) atoms. The lowest BCUT2D eigenvalue weighted by atomic mass is 10.1. The molecule has 1 aliphatic heterocycles. The Balaban J connectivity index is 1.69. The fraction of sp³-hybridized carbons (Fsp3) is 0.125. The van der Waals surface area contributed by atoms with Crippen molar-refractivity contribution in [1.29, 1.82) is 0 Å². The molecule has 0 saturated heterocycles. The van der Waals surface area contributed by atoms with E-state index in [1.165, 1.54) is 23.8 Å². The zero-order valence-electron chi connectivity index (χ0n) is 17.5. The van der Waals surface area contributed by atoms with Gasteiger partial charge in [-0.2, -0.15) is 0 Å². The average molecular weight is 449 g/mol. The Morgan fingerprint density at radius 1 is 0.969 bits per heavy atom. The quantitative estimate of drug-likeness (QED) is 0.588. The van der Waals surface area contributed by atoms with Crippen molar-refractivity contribution in [3.8, 4) is 5.75 Å². The Kier molecular flexibility index (Phi) is 6.13. The maximum atomic E-state index is 13.4. The summed E-state index contributed by atoms with van der Waals surface area (Å²) in [7, 11) is 2.86. The maximum absolute atomic E-state index is 13.4. The lowest BCUT2D eigenvalue weighted by Crippen LogP contribution is -2.38. The van der Waals surface area contributed by atoms with Gasteiger partial charge in [0.25, 0.3) is 5.91 Å². The predicted molar refractivity (Wildman–Crippen MR) is 122 cm³/mol. The van der Waals surface area contributed by atoms with Gasteiger partial charge in [-0.25, -0.2) is 4.79 Å². The van der Waals surface area contributed by atoms with Crippen molar-refractivity contribution in [2.75, 3.05) is 31.0 Å². The van der Waals surface area contributed by atoms with Gasteiger partial charge in [0.05, 0.1) is 31.0 Å². The van der Waals surface area contributed by atoms with E-state index in [9.17, 15) is 14.4 Å². The minimum absolute atomic E-state index is 0.225. The first-order valence-electron chi connectivity index (χ1n) is 9.75. The van der Waals surface area contributed by atoms with Crippen LogP contribution in [0.15, 0.2) is 76.5 Å². The number of esters is 1. The molecule has 0 atom stereocenters. The molecule has 0 spiro atoms. The molecule has 8 heteroatoms. The van der Waals surface area contributed by atoms with Gasteiger partial charge in [-0.1, -0.05) is 23.9 Å². The number of nitrogens with zero attached hydrogens (tertiary/aromatic N) is 1. The van der Waals surface area contributed by atoms with Gasteiger partial charge in [-0.3, -0.25) is 14.5 Å². The van der Waals surface area contributed by atoms with Crippen LogP contribution in [-0.4, -0.2) is 38.5 Å². The minimum Gasteiger partial charge on any atom is -0.497 e. The van der Waals surface area contributed by atoms with Gasteiger partial charge in [0.1, 0.15) is 12.3 Å². The summed E-state index contributed by atoms with van der Waals surface area (Å²) in [5, 5.41) is 2.80. The molecule has 7 nitrogen and oxygen atoms in total. The molecule has 0 saturated carbocycles. The van der Waals surface area contributed by atoms with Crippen LogP contribution in [0.3, 0.4) is 0 Å². The van der Waals surface area contributed by atoms with Crippen LogP contribution in [0.5, 0.6) is 5.75 Å². The molecule has 4 rings (SSSR count). The normalized spacial score (nSPS) is 12.3. The van der Waals surface area contributed by atoms with E-state index in [0.29, 0.717) is 28.3 Å². The number of hydrogen-bond acceptors (Lipinski definition) is 6. The van der Waals surface area contributed by atoms with E-state index < -0.39 is 5.97 Å².